The number of aliphatic carboxylic acids is 1. The van der Waals surface area contributed by atoms with Crippen LogP contribution in [-0.2, 0) is 27.4 Å². The Kier molecular flexibility index (Phi) is 5.77. The van der Waals surface area contributed by atoms with Gasteiger partial charge in [0.25, 0.3) is 0 Å². The van der Waals surface area contributed by atoms with Crippen molar-refractivity contribution in [1.29, 1.82) is 0 Å². The molecule has 0 radical (unpaired) electrons. The maximum atomic E-state index is 12.3. The van der Waals surface area contributed by atoms with E-state index in [1.807, 2.05) is 24.3 Å². The van der Waals surface area contributed by atoms with E-state index < -0.39 is 11.5 Å². The molecular formula is C18H25NO4. The van der Waals surface area contributed by atoms with Gasteiger partial charge in [0.1, 0.15) is 5.54 Å². The van der Waals surface area contributed by atoms with Crippen molar-refractivity contribution in [3.8, 4) is 0 Å². The predicted molar refractivity (Wildman–Crippen MR) is 87.0 cm³/mol. The topological polar surface area (TPSA) is 75.6 Å². The van der Waals surface area contributed by atoms with Crippen LogP contribution in [-0.4, -0.2) is 29.6 Å². The van der Waals surface area contributed by atoms with Crippen molar-refractivity contribution in [3.63, 3.8) is 0 Å². The van der Waals surface area contributed by atoms with E-state index in [0.29, 0.717) is 25.4 Å². The Hall–Kier alpha value is -1.88. The van der Waals surface area contributed by atoms with Crippen LogP contribution in [0.1, 0.15) is 43.7 Å². The Morgan fingerprint density at radius 3 is 2.57 bits per heavy atom. The van der Waals surface area contributed by atoms with Gasteiger partial charge in [0, 0.05) is 7.11 Å². The number of hydrogen-bond donors (Lipinski definition) is 2. The molecule has 23 heavy (non-hydrogen) atoms. The SMILES string of the molecule is COCc1cccc(CC(=O)NC2(C(=O)O)CCC(C)CC2)c1. The summed E-state index contributed by atoms with van der Waals surface area (Å²) in [5.41, 5.74) is 0.757. The molecule has 1 aliphatic rings. The van der Waals surface area contributed by atoms with Gasteiger partial charge in [-0.15, -0.1) is 0 Å². The highest BCUT2D eigenvalue weighted by atomic mass is 16.5. The van der Waals surface area contributed by atoms with E-state index in [1.165, 1.54) is 0 Å². The van der Waals surface area contributed by atoms with Gasteiger partial charge in [-0.25, -0.2) is 4.79 Å². The summed E-state index contributed by atoms with van der Waals surface area (Å²) in [7, 11) is 1.63. The highest BCUT2D eigenvalue weighted by Crippen LogP contribution is 2.32. The smallest absolute Gasteiger partial charge is 0.329 e. The molecular weight excluding hydrogens is 294 g/mol. The summed E-state index contributed by atoms with van der Waals surface area (Å²) in [6, 6.07) is 7.60. The van der Waals surface area contributed by atoms with Gasteiger partial charge < -0.3 is 15.2 Å². The molecule has 1 amide bonds. The van der Waals surface area contributed by atoms with E-state index in [4.69, 9.17) is 4.74 Å². The molecule has 5 nitrogen and oxygen atoms in total. The largest absolute Gasteiger partial charge is 0.480 e. The van der Waals surface area contributed by atoms with Gasteiger partial charge in [0.15, 0.2) is 0 Å². The van der Waals surface area contributed by atoms with Crippen LogP contribution < -0.4 is 5.32 Å². The molecule has 0 spiro atoms. The molecule has 1 aromatic carbocycles. The fourth-order valence-electron chi connectivity index (χ4n) is 3.14. The van der Waals surface area contributed by atoms with Gasteiger partial charge in [-0.2, -0.15) is 0 Å². The molecule has 0 atom stereocenters. The monoisotopic (exact) mass is 319 g/mol. The Morgan fingerprint density at radius 2 is 1.96 bits per heavy atom. The molecule has 0 unspecified atom stereocenters. The fourth-order valence-corrected chi connectivity index (χ4v) is 3.14. The van der Waals surface area contributed by atoms with Crippen LogP contribution >= 0.6 is 0 Å². The predicted octanol–water partition coefficient (Wildman–Crippen LogP) is 2.53. The Labute approximate surface area is 137 Å². The lowest BCUT2D eigenvalue weighted by molar-refractivity contribution is -0.149. The van der Waals surface area contributed by atoms with Crippen molar-refractivity contribution < 1.29 is 19.4 Å². The number of ether oxygens (including phenoxy) is 1. The number of carboxylic acid groups (broad SMARTS) is 1. The summed E-state index contributed by atoms with van der Waals surface area (Å²) in [6.45, 7) is 2.61. The molecule has 0 aromatic heterocycles. The second-order valence-electron chi connectivity index (χ2n) is 6.55. The van der Waals surface area contributed by atoms with Crippen molar-refractivity contribution in [3.05, 3.63) is 35.4 Å². The van der Waals surface area contributed by atoms with Crippen LogP contribution in [0.4, 0.5) is 0 Å². The second kappa shape index (κ2) is 7.59. The molecule has 2 N–H and O–H groups in total. The highest BCUT2D eigenvalue weighted by Gasteiger charge is 2.42. The maximum absolute atomic E-state index is 12.3. The lowest BCUT2D eigenvalue weighted by Gasteiger charge is -2.36. The van der Waals surface area contributed by atoms with Crippen molar-refractivity contribution in [2.24, 2.45) is 5.92 Å². The fraction of sp³-hybridized carbons (Fsp3) is 0.556. The van der Waals surface area contributed by atoms with Gasteiger partial charge >= 0.3 is 5.97 Å². The third kappa shape index (κ3) is 4.55. The number of methoxy groups -OCH3 is 1. The summed E-state index contributed by atoms with van der Waals surface area (Å²) in [6.07, 6.45) is 2.84. The lowest BCUT2D eigenvalue weighted by atomic mass is 9.77. The molecule has 5 heteroatoms. The van der Waals surface area contributed by atoms with Crippen LogP contribution in [0.25, 0.3) is 0 Å². The molecule has 1 saturated carbocycles. The summed E-state index contributed by atoms with van der Waals surface area (Å²) >= 11 is 0. The van der Waals surface area contributed by atoms with Crippen molar-refractivity contribution in [1.82, 2.24) is 5.32 Å². The third-order valence-corrected chi connectivity index (χ3v) is 4.58. The zero-order valence-electron chi connectivity index (χ0n) is 13.8. The second-order valence-corrected chi connectivity index (χ2v) is 6.55. The molecule has 1 aliphatic carbocycles. The van der Waals surface area contributed by atoms with Crippen LogP contribution in [0.5, 0.6) is 0 Å². The van der Waals surface area contributed by atoms with Gasteiger partial charge in [0.05, 0.1) is 13.0 Å². The van der Waals surface area contributed by atoms with Gasteiger partial charge in [0.2, 0.25) is 5.91 Å². The van der Waals surface area contributed by atoms with E-state index in [-0.39, 0.29) is 12.3 Å². The minimum atomic E-state index is -1.10. The van der Waals surface area contributed by atoms with E-state index in [1.54, 1.807) is 7.11 Å². The van der Waals surface area contributed by atoms with Gasteiger partial charge in [-0.1, -0.05) is 31.2 Å². The maximum Gasteiger partial charge on any atom is 0.329 e. The third-order valence-electron chi connectivity index (χ3n) is 4.58. The first kappa shape index (κ1) is 17.5. The number of amides is 1. The molecule has 0 bridgehead atoms. The number of carboxylic acids is 1. The summed E-state index contributed by atoms with van der Waals surface area (Å²) in [4.78, 5) is 24.0. The van der Waals surface area contributed by atoms with E-state index in [2.05, 4.69) is 12.2 Å². The Bertz CT molecular complexity index is 562. The minimum absolute atomic E-state index is 0.183. The van der Waals surface area contributed by atoms with Crippen molar-refractivity contribution >= 4 is 11.9 Å². The minimum Gasteiger partial charge on any atom is -0.480 e. The van der Waals surface area contributed by atoms with E-state index >= 15 is 0 Å². The zero-order chi connectivity index (χ0) is 16.9. The van der Waals surface area contributed by atoms with Crippen LogP contribution in [0.15, 0.2) is 24.3 Å². The molecule has 0 saturated heterocycles. The summed E-state index contributed by atoms with van der Waals surface area (Å²) in [5.74, 6) is -0.646. The number of nitrogens with one attached hydrogen (secondary N) is 1. The standard InChI is InChI=1S/C18H25NO4/c1-13-6-8-18(9-7-13,17(21)22)19-16(20)11-14-4-3-5-15(10-14)12-23-2/h3-5,10,13H,6-9,11-12H2,1-2H3,(H,19,20)(H,21,22). The summed E-state index contributed by atoms with van der Waals surface area (Å²) in [5, 5.41) is 12.4. The number of hydrogen-bond acceptors (Lipinski definition) is 3. The molecule has 0 aliphatic heterocycles. The van der Waals surface area contributed by atoms with Crippen LogP contribution in [0.2, 0.25) is 0 Å². The van der Waals surface area contributed by atoms with Crippen LogP contribution in [0.3, 0.4) is 0 Å². The first-order chi connectivity index (χ1) is 10.9. The van der Waals surface area contributed by atoms with Crippen molar-refractivity contribution in [2.75, 3.05) is 7.11 Å². The lowest BCUT2D eigenvalue weighted by Crippen LogP contribution is -2.56. The Balaban J connectivity index is 2.02. The molecule has 1 fully saturated rings. The molecule has 126 valence electrons. The number of carbonyl (C=O) groups excluding carboxylic acids is 1. The van der Waals surface area contributed by atoms with Gasteiger partial charge in [-0.3, -0.25) is 4.79 Å². The quantitative estimate of drug-likeness (QED) is 0.845. The average molecular weight is 319 g/mol. The number of rotatable bonds is 6. The molecule has 2 rings (SSSR count). The summed E-state index contributed by atoms with van der Waals surface area (Å²) < 4.78 is 5.09. The average Bonchev–Trinajstić information content (AvgIpc) is 2.50. The van der Waals surface area contributed by atoms with Gasteiger partial charge in [-0.05, 0) is 42.7 Å². The zero-order valence-corrected chi connectivity index (χ0v) is 13.8. The van der Waals surface area contributed by atoms with Crippen LogP contribution in [0, 0.1) is 5.92 Å². The first-order valence-corrected chi connectivity index (χ1v) is 8.06. The number of carbonyl (C=O) groups is 2. The number of benzene rings is 1. The molecule has 1 aromatic rings. The first-order valence-electron chi connectivity index (χ1n) is 8.06. The molecule has 0 heterocycles. The normalized spacial score (nSPS) is 24.2. The van der Waals surface area contributed by atoms with E-state index in [9.17, 15) is 14.7 Å². The van der Waals surface area contributed by atoms with E-state index in [0.717, 1.165) is 24.0 Å². The highest BCUT2D eigenvalue weighted by molar-refractivity contribution is 5.88. The Morgan fingerprint density at radius 1 is 1.30 bits per heavy atom. The van der Waals surface area contributed by atoms with Crippen molar-refractivity contribution in [2.45, 2.75) is 51.2 Å².